The second-order valence-electron chi connectivity index (χ2n) is 9.54. The third-order valence-corrected chi connectivity index (χ3v) is 8.06. The second-order valence-corrected chi connectivity index (χ2v) is 12.3. The molecule has 1 N–H and O–H groups in total. The van der Waals surface area contributed by atoms with Gasteiger partial charge in [0.05, 0.1) is 17.0 Å². The van der Waals surface area contributed by atoms with Crippen LogP contribution >= 0.6 is 23.2 Å². The van der Waals surface area contributed by atoms with Gasteiger partial charge in [0, 0.05) is 24.0 Å². The summed E-state index contributed by atoms with van der Waals surface area (Å²) in [6, 6.07) is 17.9. The number of halogens is 3. The Hall–Kier alpha value is -3.14. The van der Waals surface area contributed by atoms with E-state index in [2.05, 4.69) is 5.32 Å². The first-order valence-electron chi connectivity index (χ1n) is 12.7. The molecule has 0 aliphatic heterocycles. The molecule has 0 aliphatic rings. The van der Waals surface area contributed by atoms with Crippen LogP contribution in [0.4, 0.5) is 10.1 Å². The lowest BCUT2D eigenvalue weighted by Crippen LogP contribution is -2.54. The highest BCUT2D eigenvalue weighted by Gasteiger charge is 2.33. The van der Waals surface area contributed by atoms with E-state index in [-0.39, 0.29) is 35.6 Å². The summed E-state index contributed by atoms with van der Waals surface area (Å²) >= 11 is 12.3. The van der Waals surface area contributed by atoms with Crippen LogP contribution in [0.5, 0.6) is 0 Å². The molecule has 0 aromatic heterocycles. The number of sulfonamides is 1. The summed E-state index contributed by atoms with van der Waals surface area (Å²) in [7, 11) is -3.98. The van der Waals surface area contributed by atoms with Crippen LogP contribution < -0.4 is 9.62 Å². The Kier molecular flexibility index (Phi) is 11.0. The van der Waals surface area contributed by atoms with E-state index < -0.39 is 34.3 Å². The van der Waals surface area contributed by atoms with Crippen LogP contribution in [0.1, 0.15) is 31.4 Å². The third kappa shape index (κ3) is 8.68. The van der Waals surface area contributed by atoms with Crippen LogP contribution in [0.15, 0.2) is 72.8 Å². The van der Waals surface area contributed by atoms with Gasteiger partial charge in [-0.1, -0.05) is 72.6 Å². The first-order valence-corrected chi connectivity index (χ1v) is 15.3. The molecule has 3 aromatic carbocycles. The second kappa shape index (κ2) is 14.0. The van der Waals surface area contributed by atoms with E-state index in [1.165, 1.54) is 47.4 Å². The SMILES string of the molecule is CCC(C)NC(=O)C(Cc1ccccc1)N(Cc1ccc(F)cc1)C(=O)CN(c1ccc(Cl)cc1Cl)S(C)(=O)=O. The minimum atomic E-state index is -3.98. The maximum atomic E-state index is 14.0. The van der Waals surface area contributed by atoms with Crippen LogP contribution in [0.3, 0.4) is 0 Å². The molecular weight excluding hydrogens is 576 g/mol. The van der Waals surface area contributed by atoms with Crippen LogP contribution in [0.25, 0.3) is 0 Å². The van der Waals surface area contributed by atoms with Crippen molar-refractivity contribution in [3.05, 3.63) is 99.8 Å². The number of rotatable bonds is 12. The Morgan fingerprint density at radius 2 is 1.62 bits per heavy atom. The lowest BCUT2D eigenvalue weighted by atomic mass is 10.0. The zero-order valence-electron chi connectivity index (χ0n) is 22.5. The molecular formula is C29H32Cl2FN3O4S. The van der Waals surface area contributed by atoms with Crippen molar-refractivity contribution in [2.45, 2.75) is 45.3 Å². The predicted octanol–water partition coefficient (Wildman–Crippen LogP) is 5.45. The molecule has 0 saturated heterocycles. The normalized spacial score (nSPS) is 12.8. The quantitative estimate of drug-likeness (QED) is 0.296. The Morgan fingerprint density at radius 3 is 2.20 bits per heavy atom. The number of carbonyl (C=O) groups is 2. The van der Waals surface area contributed by atoms with Gasteiger partial charge in [0.2, 0.25) is 21.8 Å². The number of nitrogens with zero attached hydrogens (tertiary/aromatic N) is 2. The summed E-state index contributed by atoms with van der Waals surface area (Å²) in [6.45, 7) is 3.11. The molecule has 3 aromatic rings. The topological polar surface area (TPSA) is 86.8 Å². The molecule has 214 valence electrons. The van der Waals surface area contributed by atoms with Crippen molar-refractivity contribution in [3.8, 4) is 0 Å². The number of amides is 2. The molecule has 2 amide bonds. The van der Waals surface area contributed by atoms with Crippen LogP contribution in [0.2, 0.25) is 10.0 Å². The summed E-state index contributed by atoms with van der Waals surface area (Å²) < 4.78 is 40.2. The summed E-state index contributed by atoms with van der Waals surface area (Å²) in [5, 5.41) is 3.30. The standard InChI is InChI=1S/C29H32Cl2FN3O4S/c1-4-20(2)33-29(37)27(16-21-8-6-5-7-9-21)34(18-22-10-13-24(32)14-11-22)28(36)19-35(40(3,38)39)26-15-12-23(30)17-25(26)31/h5-15,17,20,27H,4,16,18-19H2,1-3H3,(H,33,37). The van der Waals surface area contributed by atoms with E-state index in [9.17, 15) is 22.4 Å². The average Bonchev–Trinajstić information content (AvgIpc) is 2.90. The molecule has 0 aliphatic carbocycles. The van der Waals surface area contributed by atoms with E-state index >= 15 is 0 Å². The minimum absolute atomic E-state index is 0.0474. The predicted molar refractivity (Wildman–Crippen MR) is 157 cm³/mol. The largest absolute Gasteiger partial charge is 0.352 e. The van der Waals surface area contributed by atoms with Crippen molar-refractivity contribution >= 4 is 50.7 Å². The summed E-state index contributed by atoms with van der Waals surface area (Å²) in [5.74, 6) is -1.47. The average molecular weight is 609 g/mol. The molecule has 0 spiro atoms. The summed E-state index contributed by atoms with van der Waals surface area (Å²) in [6.07, 6.45) is 1.82. The minimum Gasteiger partial charge on any atom is -0.352 e. The van der Waals surface area contributed by atoms with Gasteiger partial charge in [0.15, 0.2) is 0 Å². The van der Waals surface area contributed by atoms with E-state index in [0.29, 0.717) is 17.0 Å². The molecule has 0 heterocycles. The first kappa shape index (κ1) is 31.4. The van der Waals surface area contributed by atoms with E-state index in [1.807, 2.05) is 44.2 Å². The highest BCUT2D eigenvalue weighted by atomic mass is 35.5. The molecule has 0 saturated carbocycles. The lowest BCUT2D eigenvalue weighted by molar-refractivity contribution is -0.140. The van der Waals surface area contributed by atoms with Gasteiger partial charge in [0.1, 0.15) is 18.4 Å². The molecule has 0 radical (unpaired) electrons. The van der Waals surface area contributed by atoms with Gasteiger partial charge in [-0.25, -0.2) is 12.8 Å². The summed E-state index contributed by atoms with van der Waals surface area (Å²) in [4.78, 5) is 29.0. The molecule has 40 heavy (non-hydrogen) atoms. The lowest BCUT2D eigenvalue weighted by Gasteiger charge is -2.34. The van der Waals surface area contributed by atoms with Gasteiger partial charge in [-0.3, -0.25) is 13.9 Å². The van der Waals surface area contributed by atoms with Crippen molar-refractivity contribution in [3.63, 3.8) is 0 Å². The monoisotopic (exact) mass is 607 g/mol. The molecule has 2 unspecified atom stereocenters. The van der Waals surface area contributed by atoms with Gasteiger partial charge in [-0.05, 0) is 54.8 Å². The number of nitrogens with one attached hydrogen (secondary N) is 1. The van der Waals surface area contributed by atoms with Crippen molar-refractivity contribution in [2.75, 3.05) is 17.1 Å². The fourth-order valence-electron chi connectivity index (χ4n) is 4.06. The van der Waals surface area contributed by atoms with Crippen molar-refractivity contribution in [2.24, 2.45) is 0 Å². The highest BCUT2D eigenvalue weighted by Crippen LogP contribution is 2.30. The fourth-order valence-corrected chi connectivity index (χ4v) is 5.48. The number of hydrogen-bond acceptors (Lipinski definition) is 4. The number of hydrogen-bond donors (Lipinski definition) is 1. The smallest absolute Gasteiger partial charge is 0.244 e. The number of benzene rings is 3. The fraction of sp³-hybridized carbons (Fsp3) is 0.310. The van der Waals surface area contributed by atoms with Crippen molar-refractivity contribution in [1.82, 2.24) is 10.2 Å². The Morgan fingerprint density at radius 1 is 0.975 bits per heavy atom. The molecule has 2 atom stereocenters. The van der Waals surface area contributed by atoms with Gasteiger partial charge in [-0.15, -0.1) is 0 Å². The van der Waals surface area contributed by atoms with Gasteiger partial charge >= 0.3 is 0 Å². The van der Waals surface area contributed by atoms with Gasteiger partial charge in [-0.2, -0.15) is 0 Å². The third-order valence-electron chi connectivity index (χ3n) is 6.40. The molecule has 0 fully saturated rings. The van der Waals surface area contributed by atoms with Gasteiger partial charge in [0.25, 0.3) is 0 Å². The number of anilines is 1. The zero-order chi connectivity index (χ0) is 29.4. The molecule has 3 rings (SSSR count). The highest BCUT2D eigenvalue weighted by molar-refractivity contribution is 7.92. The van der Waals surface area contributed by atoms with Crippen molar-refractivity contribution < 1.29 is 22.4 Å². The molecule has 11 heteroatoms. The molecule has 7 nitrogen and oxygen atoms in total. The van der Waals surface area contributed by atoms with E-state index in [0.717, 1.165) is 16.1 Å². The van der Waals surface area contributed by atoms with Crippen molar-refractivity contribution in [1.29, 1.82) is 0 Å². The maximum Gasteiger partial charge on any atom is 0.244 e. The Bertz CT molecular complexity index is 1420. The maximum absolute atomic E-state index is 14.0. The Balaban J connectivity index is 2.07. The Labute approximate surface area is 244 Å². The summed E-state index contributed by atoms with van der Waals surface area (Å²) in [5.41, 5.74) is 1.45. The number of carbonyl (C=O) groups excluding carboxylic acids is 2. The van der Waals surface area contributed by atoms with Gasteiger partial charge < -0.3 is 10.2 Å². The van der Waals surface area contributed by atoms with E-state index in [1.54, 1.807) is 0 Å². The van der Waals surface area contributed by atoms with E-state index in [4.69, 9.17) is 23.2 Å². The first-order chi connectivity index (χ1) is 18.9. The van der Waals surface area contributed by atoms with Crippen LogP contribution in [-0.4, -0.2) is 50.0 Å². The molecule has 0 bridgehead atoms. The van der Waals surface area contributed by atoms with Crippen LogP contribution in [0, 0.1) is 5.82 Å². The van der Waals surface area contributed by atoms with Crippen LogP contribution in [-0.2, 0) is 32.6 Å². The zero-order valence-corrected chi connectivity index (χ0v) is 24.8.